The monoisotopic (exact) mass is 345 g/mol. The van der Waals surface area contributed by atoms with Crippen molar-refractivity contribution in [2.24, 2.45) is 0 Å². The molecule has 2 amide bonds. The summed E-state index contributed by atoms with van der Waals surface area (Å²) < 4.78 is 6.88. The van der Waals surface area contributed by atoms with Crippen molar-refractivity contribution >= 4 is 6.03 Å². The maximum absolute atomic E-state index is 12.5. The molecule has 0 spiro atoms. The Hall–Kier alpha value is -2.64. The topological polar surface area (TPSA) is 93.3 Å². The van der Waals surface area contributed by atoms with Crippen LogP contribution in [-0.4, -0.2) is 38.7 Å². The lowest BCUT2D eigenvalue weighted by atomic mass is 10.1. The summed E-state index contributed by atoms with van der Waals surface area (Å²) in [5.41, 5.74) is 2.06. The van der Waals surface area contributed by atoms with E-state index in [-0.39, 0.29) is 17.8 Å². The van der Waals surface area contributed by atoms with Crippen molar-refractivity contribution < 1.29 is 9.32 Å². The number of carbonyl (C=O) groups excluding carboxylic acids is 1. The van der Waals surface area contributed by atoms with Crippen molar-refractivity contribution in [1.29, 1.82) is 0 Å². The van der Waals surface area contributed by atoms with Crippen molar-refractivity contribution in [3.05, 3.63) is 45.5 Å². The van der Waals surface area contributed by atoms with E-state index in [0.717, 1.165) is 30.0 Å². The molecule has 3 heterocycles. The predicted octanol–water partition coefficient (Wildman–Crippen LogP) is 1.70. The first-order valence-corrected chi connectivity index (χ1v) is 8.48. The first kappa shape index (κ1) is 17.2. The number of hydrogen-bond acceptors (Lipinski definition) is 5. The molecular weight excluding hydrogens is 322 g/mol. The van der Waals surface area contributed by atoms with E-state index < -0.39 is 0 Å². The molecule has 1 aliphatic heterocycles. The molecule has 0 radical (unpaired) electrons. The minimum absolute atomic E-state index is 0.0771. The molecule has 0 aromatic carbocycles. The highest BCUT2D eigenvalue weighted by Crippen LogP contribution is 2.32. The Bertz CT molecular complexity index is 826. The van der Waals surface area contributed by atoms with Crippen LogP contribution in [-0.2, 0) is 6.54 Å². The number of aromatic nitrogens is 3. The Labute approximate surface area is 145 Å². The van der Waals surface area contributed by atoms with Crippen LogP contribution in [0, 0.1) is 20.8 Å². The molecule has 25 heavy (non-hydrogen) atoms. The quantitative estimate of drug-likeness (QED) is 0.910. The Morgan fingerprint density at radius 3 is 2.80 bits per heavy atom. The van der Waals surface area contributed by atoms with Crippen LogP contribution < -0.4 is 11.0 Å². The molecular formula is C17H23N5O3. The largest absolute Gasteiger partial charge is 0.359 e. The summed E-state index contributed by atoms with van der Waals surface area (Å²) >= 11 is 0. The van der Waals surface area contributed by atoms with Gasteiger partial charge in [-0.15, -0.1) is 0 Å². The van der Waals surface area contributed by atoms with Crippen LogP contribution in [0.1, 0.15) is 41.7 Å². The molecule has 2 aromatic heterocycles. The maximum Gasteiger partial charge on any atom is 0.348 e. The molecule has 1 saturated heterocycles. The number of nitrogens with zero attached hydrogens (tertiary/aromatic N) is 4. The molecule has 0 bridgehead atoms. The molecule has 3 rings (SSSR count). The molecule has 1 aliphatic rings. The molecule has 2 aromatic rings. The van der Waals surface area contributed by atoms with Crippen molar-refractivity contribution in [3.8, 4) is 0 Å². The van der Waals surface area contributed by atoms with Crippen molar-refractivity contribution in [2.45, 2.75) is 46.2 Å². The highest BCUT2D eigenvalue weighted by molar-refractivity contribution is 5.75. The van der Waals surface area contributed by atoms with E-state index in [4.69, 9.17) is 4.52 Å². The lowest BCUT2D eigenvalue weighted by Gasteiger charge is -2.23. The second-order valence-electron chi connectivity index (χ2n) is 6.43. The van der Waals surface area contributed by atoms with Crippen LogP contribution in [0.3, 0.4) is 0 Å². The van der Waals surface area contributed by atoms with Crippen molar-refractivity contribution in [1.82, 2.24) is 24.9 Å². The molecule has 1 atom stereocenters. The normalized spacial score (nSPS) is 17.1. The molecule has 1 N–H and O–H groups in total. The summed E-state index contributed by atoms with van der Waals surface area (Å²) in [4.78, 5) is 30.1. The van der Waals surface area contributed by atoms with E-state index in [1.165, 1.54) is 0 Å². The number of aryl methyl sites for hydroxylation is 3. The van der Waals surface area contributed by atoms with Gasteiger partial charge in [0.05, 0.1) is 11.7 Å². The van der Waals surface area contributed by atoms with E-state index in [9.17, 15) is 9.59 Å². The standard InChI is InChI=1S/C17H23N5O3/c1-11-9-13(3)21(17(24)19-11)8-6-18-16(23)22-7-4-5-14(22)15-10-12(2)20-25-15/h9-10,14H,4-8H2,1-3H3,(H,18,23). The van der Waals surface area contributed by atoms with Gasteiger partial charge in [-0.05, 0) is 39.7 Å². The van der Waals surface area contributed by atoms with Gasteiger partial charge >= 0.3 is 11.7 Å². The number of amides is 2. The van der Waals surface area contributed by atoms with Gasteiger partial charge in [-0.25, -0.2) is 9.59 Å². The molecule has 1 unspecified atom stereocenters. The number of carbonyl (C=O) groups is 1. The molecule has 0 saturated carbocycles. The summed E-state index contributed by atoms with van der Waals surface area (Å²) in [7, 11) is 0. The molecule has 0 aliphatic carbocycles. The average Bonchev–Trinajstić information content (AvgIpc) is 3.18. The Morgan fingerprint density at radius 1 is 1.32 bits per heavy atom. The highest BCUT2D eigenvalue weighted by Gasteiger charge is 2.32. The van der Waals surface area contributed by atoms with Crippen LogP contribution in [0.2, 0.25) is 0 Å². The van der Waals surface area contributed by atoms with Crippen LogP contribution in [0.25, 0.3) is 0 Å². The fourth-order valence-corrected chi connectivity index (χ4v) is 3.27. The number of urea groups is 1. The van der Waals surface area contributed by atoms with Gasteiger partial charge in [0, 0.05) is 37.1 Å². The highest BCUT2D eigenvalue weighted by atomic mass is 16.5. The van der Waals surface area contributed by atoms with Crippen LogP contribution >= 0.6 is 0 Å². The molecule has 134 valence electrons. The van der Waals surface area contributed by atoms with E-state index in [1.54, 1.807) is 16.4 Å². The fraction of sp³-hybridized carbons (Fsp3) is 0.529. The summed E-state index contributed by atoms with van der Waals surface area (Å²) in [6, 6.07) is 3.50. The number of rotatable bonds is 4. The number of likely N-dealkylation sites (tertiary alicyclic amines) is 1. The van der Waals surface area contributed by atoms with E-state index >= 15 is 0 Å². The summed E-state index contributed by atoms with van der Waals surface area (Å²) in [6.45, 7) is 6.95. The van der Waals surface area contributed by atoms with Gasteiger partial charge in [-0.2, -0.15) is 4.98 Å². The average molecular weight is 345 g/mol. The van der Waals surface area contributed by atoms with E-state index in [2.05, 4.69) is 15.5 Å². The Morgan fingerprint density at radius 2 is 2.12 bits per heavy atom. The molecule has 8 nitrogen and oxygen atoms in total. The minimum atomic E-state index is -0.289. The van der Waals surface area contributed by atoms with Crippen LogP contribution in [0.4, 0.5) is 4.79 Å². The van der Waals surface area contributed by atoms with Crippen molar-refractivity contribution in [3.63, 3.8) is 0 Å². The SMILES string of the molecule is Cc1cc(C2CCCN2C(=O)NCCn2c(C)cc(C)nc2=O)on1. The van der Waals surface area contributed by atoms with E-state index in [1.807, 2.05) is 26.0 Å². The lowest BCUT2D eigenvalue weighted by Crippen LogP contribution is -2.41. The van der Waals surface area contributed by atoms with Crippen molar-refractivity contribution in [2.75, 3.05) is 13.1 Å². The third-order valence-corrected chi connectivity index (χ3v) is 4.45. The second-order valence-corrected chi connectivity index (χ2v) is 6.43. The number of nitrogens with one attached hydrogen (secondary N) is 1. The molecule has 1 fully saturated rings. The van der Waals surface area contributed by atoms with Crippen LogP contribution in [0.5, 0.6) is 0 Å². The number of hydrogen-bond donors (Lipinski definition) is 1. The third kappa shape index (κ3) is 3.72. The van der Waals surface area contributed by atoms with E-state index in [0.29, 0.717) is 25.3 Å². The zero-order chi connectivity index (χ0) is 18.0. The van der Waals surface area contributed by atoms with Gasteiger partial charge in [0.2, 0.25) is 0 Å². The second kappa shape index (κ2) is 7.08. The van der Waals surface area contributed by atoms with Crippen LogP contribution in [0.15, 0.2) is 21.5 Å². The van der Waals surface area contributed by atoms with Gasteiger partial charge in [0.15, 0.2) is 5.76 Å². The fourth-order valence-electron chi connectivity index (χ4n) is 3.27. The smallest absolute Gasteiger partial charge is 0.348 e. The van der Waals surface area contributed by atoms with Gasteiger partial charge in [-0.3, -0.25) is 4.57 Å². The summed E-state index contributed by atoms with van der Waals surface area (Å²) in [5, 5.41) is 6.79. The zero-order valence-corrected chi connectivity index (χ0v) is 14.8. The van der Waals surface area contributed by atoms with Gasteiger partial charge < -0.3 is 14.7 Å². The van der Waals surface area contributed by atoms with Gasteiger partial charge in [-0.1, -0.05) is 5.16 Å². The Balaban J connectivity index is 1.60. The third-order valence-electron chi connectivity index (χ3n) is 4.45. The first-order chi connectivity index (χ1) is 12.0. The zero-order valence-electron chi connectivity index (χ0n) is 14.8. The summed E-state index contributed by atoms with van der Waals surface area (Å²) in [5.74, 6) is 0.722. The summed E-state index contributed by atoms with van der Waals surface area (Å²) in [6.07, 6.45) is 1.79. The maximum atomic E-state index is 12.5. The predicted molar refractivity (Wildman–Crippen MR) is 91.3 cm³/mol. The Kier molecular flexibility index (Phi) is 4.87. The lowest BCUT2D eigenvalue weighted by molar-refractivity contribution is 0.182. The molecule has 8 heteroatoms. The first-order valence-electron chi connectivity index (χ1n) is 8.48. The van der Waals surface area contributed by atoms with Gasteiger partial charge in [0.1, 0.15) is 0 Å². The van der Waals surface area contributed by atoms with Gasteiger partial charge in [0.25, 0.3) is 0 Å². The minimum Gasteiger partial charge on any atom is -0.359 e.